The maximum Gasteiger partial charge on any atom is 0.266 e. The molecule has 0 aromatic heterocycles. The highest BCUT2D eigenvalue weighted by atomic mass is 32.2. The molecule has 0 bridgehead atoms. The van der Waals surface area contributed by atoms with Gasteiger partial charge >= 0.3 is 0 Å². The quantitative estimate of drug-likeness (QED) is 0.907. The Bertz CT molecular complexity index is 814. The van der Waals surface area contributed by atoms with Gasteiger partial charge in [0.05, 0.1) is 19.3 Å². The van der Waals surface area contributed by atoms with Crippen molar-refractivity contribution in [2.24, 2.45) is 4.99 Å². The standard InChI is InChI=1S/C15H15N3O3S/c1-21-12-8-6-11(7-9-12)10-16-15-17-13-4-2-3-5-14(13)22(19,20)18-15/h2-9H,10H2,1H3,(H2,16,17,18). The summed E-state index contributed by atoms with van der Waals surface area (Å²) in [5, 5.41) is 2.98. The number of sulfonamides is 1. The first-order valence-corrected chi connectivity index (χ1v) is 8.13. The van der Waals surface area contributed by atoms with Gasteiger partial charge in [-0.3, -0.25) is 0 Å². The normalized spacial score (nSPS) is 17.2. The van der Waals surface area contributed by atoms with Crippen LogP contribution in [0.4, 0.5) is 5.69 Å². The maximum atomic E-state index is 12.1. The number of guanidine groups is 1. The third-order valence-electron chi connectivity index (χ3n) is 3.24. The second-order valence-electron chi connectivity index (χ2n) is 4.74. The van der Waals surface area contributed by atoms with E-state index in [4.69, 9.17) is 4.74 Å². The van der Waals surface area contributed by atoms with Gasteiger partial charge in [0.15, 0.2) is 0 Å². The van der Waals surface area contributed by atoms with Gasteiger partial charge in [0.2, 0.25) is 5.96 Å². The first-order chi connectivity index (χ1) is 10.6. The van der Waals surface area contributed by atoms with E-state index in [1.165, 1.54) is 0 Å². The van der Waals surface area contributed by atoms with Crippen LogP contribution in [0.2, 0.25) is 0 Å². The van der Waals surface area contributed by atoms with E-state index in [2.05, 4.69) is 15.0 Å². The molecule has 0 spiro atoms. The Labute approximate surface area is 128 Å². The van der Waals surface area contributed by atoms with Crippen LogP contribution in [-0.4, -0.2) is 21.5 Å². The Morgan fingerprint density at radius 3 is 2.55 bits per heavy atom. The summed E-state index contributed by atoms with van der Waals surface area (Å²) in [5.74, 6) is 0.983. The van der Waals surface area contributed by atoms with Gasteiger partial charge in [-0.05, 0) is 29.8 Å². The third kappa shape index (κ3) is 2.89. The summed E-state index contributed by atoms with van der Waals surface area (Å²) in [6, 6.07) is 14.1. The van der Waals surface area contributed by atoms with Crippen LogP contribution in [0.15, 0.2) is 58.4 Å². The predicted molar refractivity (Wildman–Crippen MR) is 84.5 cm³/mol. The zero-order valence-electron chi connectivity index (χ0n) is 11.9. The number of hydrogen-bond acceptors (Lipinski definition) is 4. The minimum atomic E-state index is -3.57. The van der Waals surface area contributed by atoms with Gasteiger partial charge < -0.3 is 10.1 Å². The van der Waals surface area contributed by atoms with E-state index >= 15 is 0 Å². The van der Waals surface area contributed by atoms with E-state index in [1.54, 1.807) is 31.4 Å². The van der Waals surface area contributed by atoms with E-state index in [1.807, 2.05) is 24.3 Å². The fraction of sp³-hybridized carbons (Fsp3) is 0.133. The molecule has 0 saturated carbocycles. The van der Waals surface area contributed by atoms with Crippen molar-refractivity contribution in [3.63, 3.8) is 0 Å². The molecule has 22 heavy (non-hydrogen) atoms. The monoisotopic (exact) mass is 317 g/mol. The molecule has 2 aromatic carbocycles. The lowest BCUT2D eigenvalue weighted by Gasteiger charge is -2.21. The number of methoxy groups -OCH3 is 1. The molecule has 6 nitrogen and oxygen atoms in total. The van der Waals surface area contributed by atoms with Crippen LogP contribution >= 0.6 is 0 Å². The number of benzene rings is 2. The van der Waals surface area contributed by atoms with Gasteiger partial charge in [-0.25, -0.2) is 18.1 Å². The average Bonchev–Trinajstić information content (AvgIpc) is 2.53. The average molecular weight is 317 g/mol. The SMILES string of the molecule is COc1ccc(CN=C2Nc3ccccc3S(=O)(=O)N2)cc1. The molecule has 114 valence electrons. The lowest BCUT2D eigenvalue weighted by molar-refractivity contribution is 0.414. The zero-order valence-corrected chi connectivity index (χ0v) is 12.7. The third-order valence-corrected chi connectivity index (χ3v) is 4.64. The van der Waals surface area contributed by atoms with Gasteiger partial charge in [0.25, 0.3) is 10.0 Å². The molecule has 7 heteroatoms. The van der Waals surface area contributed by atoms with Gasteiger partial charge in [-0.2, -0.15) is 0 Å². The number of anilines is 1. The largest absolute Gasteiger partial charge is 0.497 e. The summed E-state index contributed by atoms with van der Waals surface area (Å²) in [4.78, 5) is 4.50. The topological polar surface area (TPSA) is 79.8 Å². The zero-order chi connectivity index (χ0) is 15.6. The van der Waals surface area contributed by atoms with Crippen molar-refractivity contribution >= 4 is 21.7 Å². The second-order valence-corrected chi connectivity index (χ2v) is 6.39. The molecule has 0 fully saturated rings. The maximum absolute atomic E-state index is 12.1. The minimum absolute atomic E-state index is 0.217. The molecule has 1 heterocycles. The number of nitrogens with zero attached hydrogens (tertiary/aromatic N) is 1. The van der Waals surface area contributed by atoms with Crippen molar-refractivity contribution < 1.29 is 13.2 Å². The molecule has 2 N–H and O–H groups in total. The van der Waals surface area contributed by atoms with E-state index in [9.17, 15) is 8.42 Å². The fourth-order valence-electron chi connectivity index (χ4n) is 2.11. The number of para-hydroxylation sites is 1. The number of fused-ring (bicyclic) bond motifs is 1. The van der Waals surface area contributed by atoms with Gasteiger partial charge in [-0.1, -0.05) is 24.3 Å². The van der Waals surface area contributed by atoms with Crippen molar-refractivity contribution in [1.82, 2.24) is 4.72 Å². The highest BCUT2D eigenvalue weighted by Crippen LogP contribution is 2.23. The Kier molecular flexibility index (Phi) is 3.72. The molecule has 2 aromatic rings. The van der Waals surface area contributed by atoms with Crippen LogP contribution in [0, 0.1) is 0 Å². The van der Waals surface area contributed by atoms with E-state index in [0.29, 0.717) is 12.2 Å². The molecule has 0 aliphatic carbocycles. The van der Waals surface area contributed by atoms with Crippen LogP contribution in [0.3, 0.4) is 0 Å². The molecule has 0 unspecified atom stereocenters. The van der Waals surface area contributed by atoms with E-state index in [-0.39, 0.29) is 10.9 Å². The summed E-state index contributed by atoms with van der Waals surface area (Å²) in [6.45, 7) is 0.358. The Morgan fingerprint density at radius 1 is 1.09 bits per heavy atom. The Balaban J connectivity index is 1.81. The number of hydrogen-bond donors (Lipinski definition) is 2. The summed E-state index contributed by atoms with van der Waals surface area (Å²) in [5.41, 5.74) is 1.47. The number of ether oxygens (including phenoxy) is 1. The molecule has 1 aliphatic heterocycles. The van der Waals surface area contributed by atoms with E-state index < -0.39 is 10.0 Å². The predicted octanol–water partition coefficient (Wildman–Crippen LogP) is 1.96. The summed E-state index contributed by atoms with van der Waals surface area (Å²) >= 11 is 0. The molecule has 3 rings (SSSR count). The van der Waals surface area contributed by atoms with Gasteiger partial charge in [-0.15, -0.1) is 0 Å². The van der Waals surface area contributed by atoms with Gasteiger partial charge in [0.1, 0.15) is 10.6 Å². The summed E-state index contributed by atoms with van der Waals surface area (Å²) in [7, 11) is -1.97. The summed E-state index contributed by atoms with van der Waals surface area (Å²) in [6.07, 6.45) is 0. The van der Waals surface area contributed by atoms with Crippen molar-refractivity contribution in [1.29, 1.82) is 0 Å². The molecule has 0 saturated heterocycles. The molecular weight excluding hydrogens is 302 g/mol. The second kappa shape index (κ2) is 5.69. The highest BCUT2D eigenvalue weighted by molar-refractivity contribution is 7.90. The van der Waals surface area contributed by atoms with Crippen molar-refractivity contribution in [2.45, 2.75) is 11.4 Å². The summed E-state index contributed by atoms with van der Waals surface area (Å²) < 4.78 is 31.8. The first-order valence-electron chi connectivity index (χ1n) is 6.65. The van der Waals surface area contributed by atoms with Crippen LogP contribution in [-0.2, 0) is 16.6 Å². The molecule has 1 aliphatic rings. The Morgan fingerprint density at radius 2 is 1.82 bits per heavy atom. The highest BCUT2D eigenvalue weighted by Gasteiger charge is 2.25. The van der Waals surface area contributed by atoms with Crippen LogP contribution in [0.25, 0.3) is 0 Å². The lowest BCUT2D eigenvalue weighted by Crippen LogP contribution is -2.40. The smallest absolute Gasteiger partial charge is 0.266 e. The number of aliphatic imine (C=N–C) groups is 1. The molecular formula is C15H15N3O3S. The van der Waals surface area contributed by atoms with Crippen molar-refractivity contribution in [3.05, 3.63) is 54.1 Å². The molecule has 0 radical (unpaired) electrons. The lowest BCUT2D eigenvalue weighted by atomic mass is 10.2. The number of nitrogens with one attached hydrogen (secondary N) is 2. The van der Waals surface area contributed by atoms with Crippen LogP contribution < -0.4 is 14.8 Å². The van der Waals surface area contributed by atoms with Gasteiger partial charge in [0, 0.05) is 0 Å². The first kappa shape index (κ1) is 14.4. The minimum Gasteiger partial charge on any atom is -0.497 e. The molecule has 0 atom stereocenters. The van der Waals surface area contributed by atoms with Crippen molar-refractivity contribution in [3.8, 4) is 5.75 Å². The Hall–Kier alpha value is -2.54. The van der Waals surface area contributed by atoms with E-state index in [0.717, 1.165) is 11.3 Å². The molecule has 0 amide bonds. The van der Waals surface area contributed by atoms with Crippen LogP contribution in [0.5, 0.6) is 5.75 Å². The van der Waals surface area contributed by atoms with Crippen molar-refractivity contribution in [2.75, 3.05) is 12.4 Å². The fourth-order valence-corrected chi connectivity index (χ4v) is 3.26. The number of rotatable bonds is 3. The van der Waals surface area contributed by atoms with Crippen LogP contribution in [0.1, 0.15) is 5.56 Å².